The maximum atomic E-state index is 12.2. The molecule has 0 radical (unpaired) electrons. The van der Waals surface area contributed by atoms with E-state index < -0.39 is 6.61 Å². The van der Waals surface area contributed by atoms with E-state index in [0.29, 0.717) is 18.8 Å². The monoisotopic (exact) mass is 311 g/mol. The lowest BCUT2D eigenvalue weighted by atomic mass is 10.2. The van der Waals surface area contributed by atoms with Crippen molar-refractivity contribution in [3.63, 3.8) is 0 Å². The van der Waals surface area contributed by atoms with Crippen LogP contribution in [0.5, 0.6) is 5.75 Å². The minimum atomic E-state index is -2.84. The normalized spacial score (nSPS) is 11.0. The smallest absolute Gasteiger partial charge is 0.387 e. The van der Waals surface area contributed by atoms with Crippen LogP contribution in [0.25, 0.3) is 0 Å². The van der Waals surface area contributed by atoms with Gasteiger partial charge in [0.2, 0.25) is 0 Å². The third-order valence-corrected chi connectivity index (χ3v) is 3.37. The van der Waals surface area contributed by atoms with E-state index in [2.05, 4.69) is 15.2 Å². The zero-order valence-corrected chi connectivity index (χ0v) is 12.5. The van der Waals surface area contributed by atoms with E-state index in [-0.39, 0.29) is 12.4 Å². The summed E-state index contributed by atoms with van der Waals surface area (Å²) in [5.74, 6) is 0.115. The van der Waals surface area contributed by atoms with Crippen LogP contribution in [0.2, 0.25) is 0 Å². The van der Waals surface area contributed by atoms with Crippen molar-refractivity contribution in [1.29, 1.82) is 0 Å². The Morgan fingerprint density at radius 3 is 2.82 bits per heavy atom. The van der Waals surface area contributed by atoms with Crippen LogP contribution in [0.15, 0.2) is 24.3 Å². The maximum absolute atomic E-state index is 12.2. The number of nitrogens with zero attached hydrogens (tertiary/aromatic N) is 2. The van der Waals surface area contributed by atoms with E-state index in [0.717, 1.165) is 17.0 Å². The van der Waals surface area contributed by atoms with E-state index in [1.807, 2.05) is 13.8 Å². The maximum Gasteiger partial charge on any atom is 0.387 e. The van der Waals surface area contributed by atoms with Gasteiger partial charge in [0.1, 0.15) is 5.75 Å². The van der Waals surface area contributed by atoms with E-state index >= 15 is 0 Å². The van der Waals surface area contributed by atoms with Gasteiger partial charge in [-0.15, -0.1) is 0 Å². The summed E-state index contributed by atoms with van der Waals surface area (Å²) in [7, 11) is 0. The summed E-state index contributed by atoms with van der Waals surface area (Å²) >= 11 is 0. The first kappa shape index (κ1) is 16.2. The summed E-state index contributed by atoms with van der Waals surface area (Å²) in [6, 6.07) is 6.43. The molecule has 0 aliphatic heterocycles. The van der Waals surface area contributed by atoms with Crippen molar-refractivity contribution in [1.82, 2.24) is 9.78 Å². The molecule has 0 unspecified atom stereocenters. The molecule has 5 nitrogen and oxygen atoms in total. The van der Waals surface area contributed by atoms with Crippen LogP contribution in [-0.4, -0.2) is 28.1 Å². The number of alkyl halides is 2. The van der Waals surface area contributed by atoms with E-state index in [4.69, 9.17) is 5.11 Å². The van der Waals surface area contributed by atoms with Crippen LogP contribution in [0, 0.1) is 13.8 Å². The second-order valence-electron chi connectivity index (χ2n) is 4.86. The summed E-state index contributed by atoms with van der Waals surface area (Å²) in [5.41, 5.74) is 3.55. The molecule has 1 heterocycles. The topological polar surface area (TPSA) is 59.3 Å². The molecule has 0 aliphatic carbocycles. The molecule has 0 spiro atoms. The molecule has 0 saturated heterocycles. The van der Waals surface area contributed by atoms with Crippen LogP contribution in [0.4, 0.5) is 14.5 Å². The van der Waals surface area contributed by atoms with Crippen LogP contribution < -0.4 is 10.1 Å². The van der Waals surface area contributed by atoms with Gasteiger partial charge in [0.25, 0.3) is 0 Å². The number of ether oxygens (including phenoxy) is 1. The number of rotatable bonds is 7. The quantitative estimate of drug-likeness (QED) is 0.825. The molecule has 22 heavy (non-hydrogen) atoms. The first-order valence-electron chi connectivity index (χ1n) is 6.93. The van der Waals surface area contributed by atoms with Crippen molar-refractivity contribution in [3.05, 3.63) is 41.2 Å². The SMILES string of the molecule is Cc1nn(CCO)c(C)c1CNc1cccc(OC(F)F)c1. The van der Waals surface area contributed by atoms with Gasteiger partial charge in [0, 0.05) is 29.6 Å². The molecule has 2 rings (SSSR count). The third-order valence-electron chi connectivity index (χ3n) is 3.37. The summed E-state index contributed by atoms with van der Waals surface area (Å²) in [5, 5.41) is 16.5. The molecule has 2 N–H and O–H groups in total. The van der Waals surface area contributed by atoms with Crippen LogP contribution in [-0.2, 0) is 13.1 Å². The standard InChI is InChI=1S/C15H19F2N3O2/c1-10-14(11(2)20(19-10)6-7-21)9-18-12-4-3-5-13(8-12)22-15(16)17/h3-5,8,15,18,21H,6-7,9H2,1-2H3. The summed E-state index contributed by atoms with van der Waals surface area (Å²) in [4.78, 5) is 0. The van der Waals surface area contributed by atoms with E-state index in [1.165, 1.54) is 12.1 Å². The first-order valence-corrected chi connectivity index (χ1v) is 6.93. The van der Waals surface area contributed by atoms with E-state index in [1.54, 1.807) is 16.8 Å². The number of hydrogen-bond donors (Lipinski definition) is 2. The van der Waals surface area contributed by atoms with Gasteiger partial charge in [-0.3, -0.25) is 4.68 Å². The number of aliphatic hydroxyl groups excluding tert-OH is 1. The fourth-order valence-corrected chi connectivity index (χ4v) is 2.27. The summed E-state index contributed by atoms with van der Waals surface area (Å²) in [6.45, 7) is 1.99. The van der Waals surface area contributed by atoms with Gasteiger partial charge >= 0.3 is 6.61 Å². The highest BCUT2D eigenvalue weighted by Crippen LogP contribution is 2.21. The van der Waals surface area contributed by atoms with E-state index in [9.17, 15) is 8.78 Å². The van der Waals surface area contributed by atoms with Crippen LogP contribution >= 0.6 is 0 Å². The zero-order valence-electron chi connectivity index (χ0n) is 12.5. The zero-order chi connectivity index (χ0) is 16.1. The second-order valence-corrected chi connectivity index (χ2v) is 4.86. The minimum absolute atomic E-state index is 0.0296. The number of aryl methyl sites for hydroxylation is 1. The van der Waals surface area contributed by atoms with Crippen molar-refractivity contribution < 1.29 is 18.6 Å². The highest BCUT2D eigenvalue weighted by atomic mass is 19.3. The predicted octanol–water partition coefficient (Wildman–Crippen LogP) is 2.71. The Kier molecular flexibility index (Phi) is 5.32. The molecule has 1 aromatic heterocycles. The Morgan fingerprint density at radius 1 is 1.36 bits per heavy atom. The van der Waals surface area contributed by atoms with Crippen molar-refractivity contribution in [2.75, 3.05) is 11.9 Å². The van der Waals surface area contributed by atoms with Crippen molar-refractivity contribution in [2.24, 2.45) is 0 Å². The largest absolute Gasteiger partial charge is 0.435 e. The van der Waals surface area contributed by atoms with Gasteiger partial charge < -0.3 is 15.2 Å². The van der Waals surface area contributed by atoms with Gasteiger partial charge in [-0.25, -0.2) is 0 Å². The lowest BCUT2D eigenvalue weighted by molar-refractivity contribution is -0.0498. The fourth-order valence-electron chi connectivity index (χ4n) is 2.27. The lowest BCUT2D eigenvalue weighted by Gasteiger charge is -2.10. The molecule has 2 aromatic rings. The molecule has 120 valence electrons. The number of anilines is 1. The average Bonchev–Trinajstić information content (AvgIpc) is 2.72. The van der Waals surface area contributed by atoms with Crippen LogP contribution in [0.3, 0.4) is 0 Å². The van der Waals surface area contributed by atoms with Gasteiger partial charge in [0.15, 0.2) is 0 Å². The molecule has 0 amide bonds. The number of aliphatic hydroxyl groups is 1. The highest BCUT2D eigenvalue weighted by molar-refractivity contribution is 5.49. The Morgan fingerprint density at radius 2 is 2.14 bits per heavy atom. The van der Waals surface area contributed by atoms with Gasteiger partial charge in [-0.05, 0) is 26.0 Å². The van der Waals surface area contributed by atoms with Crippen LogP contribution in [0.1, 0.15) is 17.0 Å². The predicted molar refractivity (Wildman–Crippen MR) is 79.2 cm³/mol. The number of hydrogen-bond acceptors (Lipinski definition) is 4. The molecule has 0 aliphatic rings. The van der Waals surface area contributed by atoms with Gasteiger partial charge in [-0.2, -0.15) is 13.9 Å². The van der Waals surface area contributed by atoms with Crippen molar-refractivity contribution >= 4 is 5.69 Å². The number of benzene rings is 1. The molecule has 0 atom stereocenters. The summed E-state index contributed by atoms with van der Waals surface area (Å²) < 4.78 is 30.5. The Labute approximate surface area is 127 Å². The Hall–Kier alpha value is -2.15. The number of aromatic nitrogens is 2. The third kappa shape index (κ3) is 3.94. The second kappa shape index (κ2) is 7.22. The summed E-state index contributed by atoms with van der Waals surface area (Å²) in [6.07, 6.45) is 0. The number of nitrogens with one attached hydrogen (secondary N) is 1. The molecular weight excluding hydrogens is 292 g/mol. The van der Waals surface area contributed by atoms with Gasteiger partial charge in [-0.1, -0.05) is 6.07 Å². The lowest BCUT2D eigenvalue weighted by Crippen LogP contribution is -2.07. The average molecular weight is 311 g/mol. The molecule has 0 saturated carbocycles. The molecule has 0 fully saturated rings. The fraction of sp³-hybridized carbons (Fsp3) is 0.400. The van der Waals surface area contributed by atoms with Gasteiger partial charge in [0.05, 0.1) is 18.8 Å². The van der Waals surface area contributed by atoms with Crippen molar-refractivity contribution in [2.45, 2.75) is 33.5 Å². The minimum Gasteiger partial charge on any atom is -0.435 e. The number of halogens is 2. The highest BCUT2D eigenvalue weighted by Gasteiger charge is 2.11. The Bertz CT molecular complexity index is 629. The molecule has 0 bridgehead atoms. The molecular formula is C15H19F2N3O2. The molecule has 7 heteroatoms. The molecule has 1 aromatic carbocycles. The first-order chi connectivity index (χ1) is 10.5. The Balaban J connectivity index is 2.07. The van der Waals surface area contributed by atoms with Crippen molar-refractivity contribution in [3.8, 4) is 5.75 Å².